The third kappa shape index (κ3) is 4.50. The zero-order valence-electron chi connectivity index (χ0n) is 15.6. The van der Waals surface area contributed by atoms with Gasteiger partial charge in [-0.05, 0) is 18.2 Å². The van der Waals surface area contributed by atoms with Gasteiger partial charge in [0.05, 0.1) is 22.0 Å². The predicted octanol–water partition coefficient (Wildman–Crippen LogP) is 3.23. The summed E-state index contributed by atoms with van der Waals surface area (Å²) in [7, 11) is -2.38. The van der Waals surface area contributed by atoms with Crippen LogP contribution in [0.1, 0.15) is 36.6 Å². The number of hydrogen-bond acceptors (Lipinski definition) is 4. The number of imidazole rings is 1. The van der Waals surface area contributed by atoms with Gasteiger partial charge in [-0.3, -0.25) is 9.36 Å². The van der Waals surface area contributed by atoms with Crippen LogP contribution in [0.5, 0.6) is 0 Å². The summed E-state index contributed by atoms with van der Waals surface area (Å²) in [4.78, 5) is 17.7. The highest BCUT2D eigenvalue weighted by atomic mass is 35.5. The molecule has 154 valence electrons. The monoisotopic (exact) mass is 434 g/mol. The first-order chi connectivity index (χ1) is 13.1. The minimum atomic E-state index is -3.78. The van der Waals surface area contributed by atoms with Gasteiger partial charge in [0, 0.05) is 32.5 Å². The lowest BCUT2D eigenvalue weighted by molar-refractivity contribution is 0.0612. The van der Waals surface area contributed by atoms with E-state index < -0.39 is 22.5 Å². The van der Waals surface area contributed by atoms with Crippen molar-refractivity contribution in [3.05, 3.63) is 47.0 Å². The highest BCUT2D eigenvalue weighted by molar-refractivity contribution is 7.89. The molecule has 1 heterocycles. The van der Waals surface area contributed by atoms with Gasteiger partial charge in [0.15, 0.2) is 0 Å². The lowest BCUT2D eigenvalue weighted by atomic mass is 10.2. The molecule has 0 aliphatic rings. The Morgan fingerprint density at radius 2 is 1.93 bits per heavy atom. The highest BCUT2D eigenvalue weighted by Crippen LogP contribution is 2.24. The molecule has 0 aliphatic carbocycles. The van der Waals surface area contributed by atoms with Crippen LogP contribution >= 0.6 is 11.6 Å². The smallest absolute Gasteiger partial charge is 0.319 e. The van der Waals surface area contributed by atoms with E-state index in [2.05, 4.69) is 4.98 Å². The van der Waals surface area contributed by atoms with Crippen molar-refractivity contribution >= 4 is 27.5 Å². The van der Waals surface area contributed by atoms with Crippen molar-refractivity contribution in [3.8, 4) is 0 Å². The Balaban J connectivity index is 2.34. The van der Waals surface area contributed by atoms with Crippen LogP contribution in [0.2, 0.25) is 5.02 Å². The van der Waals surface area contributed by atoms with E-state index in [1.807, 2.05) is 0 Å². The second kappa shape index (κ2) is 8.97. The molecule has 0 N–H and O–H groups in total. The summed E-state index contributed by atoms with van der Waals surface area (Å²) in [6.07, 6.45) is 2.33. The summed E-state index contributed by atoms with van der Waals surface area (Å²) in [5.74, 6) is -0.612. The van der Waals surface area contributed by atoms with Gasteiger partial charge in [-0.25, -0.2) is 13.4 Å². The minimum absolute atomic E-state index is 0.00566. The molecular weight excluding hydrogens is 414 g/mol. The summed E-state index contributed by atoms with van der Waals surface area (Å²) < 4.78 is 53.2. The van der Waals surface area contributed by atoms with E-state index in [1.54, 1.807) is 13.8 Å². The predicted molar refractivity (Wildman–Crippen MR) is 101 cm³/mol. The highest BCUT2D eigenvalue weighted by Gasteiger charge is 2.25. The van der Waals surface area contributed by atoms with Gasteiger partial charge in [-0.15, -0.1) is 0 Å². The van der Waals surface area contributed by atoms with E-state index in [-0.39, 0.29) is 40.9 Å². The maximum Gasteiger partial charge on any atom is 0.319 e. The molecule has 0 fully saturated rings. The topological polar surface area (TPSA) is 75.5 Å². The SMILES string of the molecule is CCN(CC)S(=O)(=O)c1ccc(Cl)c(C(=O)N(C)Cc2nccn2C(F)F)c1. The van der Waals surface area contributed by atoms with Crippen LogP contribution in [0.15, 0.2) is 35.5 Å². The molecular formula is C17H21ClF2N4O3S. The van der Waals surface area contributed by atoms with E-state index in [9.17, 15) is 22.0 Å². The van der Waals surface area contributed by atoms with Crippen molar-refractivity contribution in [1.82, 2.24) is 18.8 Å². The van der Waals surface area contributed by atoms with Gasteiger partial charge in [-0.1, -0.05) is 25.4 Å². The van der Waals surface area contributed by atoms with Crippen LogP contribution in [0.3, 0.4) is 0 Å². The molecule has 2 rings (SSSR count). The van der Waals surface area contributed by atoms with Crippen molar-refractivity contribution < 1.29 is 22.0 Å². The number of alkyl halides is 2. The third-order valence-electron chi connectivity index (χ3n) is 4.20. The van der Waals surface area contributed by atoms with E-state index in [0.717, 1.165) is 11.1 Å². The average Bonchev–Trinajstić information content (AvgIpc) is 3.10. The molecule has 0 aliphatic heterocycles. The van der Waals surface area contributed by atoms with Crippen LogP contribution in [-0.2, 0) is 16.6 Å². The molecule has 1 amide bonds. The first-order valence-corrected chi connectivity index (χ1v) is 10.3. The molecule has 0 saturated carbocycles. The van der Waals surface area contributed by atoms with E-state index in [0.29, 0.717) is 4.57 Å². The number of sulfonamides is 1. The number of amides is 1. The van der Waals surface area contributed by atoms with Crippen LogP contribution in [0.4, 0.5) is 8.78 Å². The van der Waals surface area contributed by atoms with Crippen LogP contribution < -0.4 is 0 Å². The number of hydrogen-bond donors (Lipinski definition) is 0. The lowest BCUT2D eigenvalue weighted by Crippen LogP contribution is -2.31. The number of carbonyl (C=O) groups is 1. The standard InChI is InChI=1S/C17H21ClF2N4O3S/c1-4-23(5-2)28(26,27)12-6-7-14(18)13(10-12)16(25)22(3)11-15-21-8-9-24(15)17(19)20/h6-10,17H,4-5,11H2,1-3H3. The fourth-order valence-corrected chi connectivity index (χ4v) is 4.36. The van der Waals surface area contributed by atoms with E-state index >= 15 is 0 Å². The van der Waals surface area contributed by atoms with Crippen molar-refractivity contribution in [2.24, 2.45) is 0 Å². The number of halogens is 3. The zero-order valence-corrected chi connectivity index (χ0v) is 17.2. The van der Waals surface area contributed by atoms with Gasteiger partial charge in [-0.2, -0.15) is 13.1 Å². The first kappa shape index (κ1) is 22.3. The number of carbonyl (C=O) groups excluding carboxylic acids is 1. The Morgan fingerprint density at radius 1 is 1.29 bits per heavy atom. The van der Waals surface area contributed by atoms with Crippen molar-refractivity contribution in [2.75, 3.05) is 20.1 Å². The van der Waals surface area contributed by atoms with Gasteiger partial charge < -0.3 is 4.90 Å². The quantitative estimate of drug-likeness (QED) is 0.639. The van der Waals surface area contributed by atoms with Gasteiger partial charge in [0.1, 0.15) is 5.82 Å². The normalized spacial score (nSPS) is 12.0. The largest absolute Gasteiger partial charge is 0.334 e. The molecule has 0 spiro atoms. The number of rotatable bonds is 8. The molecule has 1 aromatic heterocycles. The number of benzene rings is 1. The third-order valence-corrected chi connectivity index (χ3v) is 6.57. The minimum Gasteiger partial charge on any atom is -0.334 e. The zero-order chi connectivity index (χ0) is 21.1. The Hall–Kier alpha value is -2.04. The Bertz CT molecular complexity index is 946. The lowest BCUT2D eigenvalue weighted by Gasteiger charge is -2.21. The van der Waals surface area contributed by atoms with Crippen LogP contribution in [0, 0.1) is 0 Å². The average molecular weight is 435 g/mol. The molecule has 2 aromatic rings. The summed E-state index contributed by atoms with van der Waals surface area (Å²) in [6.45, 7) is 0.998. The molecule has 7 nitrogen and oxygen atoms in total. The molecule has 0 atom stereocenters. The summed E-state index contributed by atoms with van der Waals surface area (Å²) in [6, 6.07) is 3.86. The molecule has 1 aromatic carbocycles. The fraction of sp³-hybridized carbons (Fsp3) is 0.412. The van der Waals surface area contributed by atoms with E-state index in [4.69, 9.17) is 11.6 Å². The Morgan fingerprint density at radius 3 is 2.50 bits per heavy atom. The van der Waals surface area contributed by atoms with Crippen LogP contribution in [0.25, 0.3) is 0 Å². The Kier molecular flexibility index (Phi) is 7.13. The van der Waals surface area contributed by atoms with Gasteiger partial charge in [0.25, 0.3) is 5.91 Å². The van der Waals surface area contributed by atoms with Crippen molar-refractivity contribution in [1.29, 1.82) is 0 Å². The molecule has 0 radical (unpaired) electrons. The molecule has 0 bridgehead atoms. The van der Waals surface area contributed by atoms with E-state index in [1.165, 1.54) is 35.7 Å². The molecule has 0 saturated heterocycles. The first-order valence-electron chi connectivity index (χ1n) is 8.48. The second-order valence-electron chi connectivity index (χ2n) is 5.92. The maximum atomic E-state index is 13.0. The second-order valence-corrected chi connectivity index (χ2v) is 8.27. The van der Waals surface area contributed by atoms with Crippen LogP contribution in [-0.4, -0.2) is 53.2 Å². The van der Waals surface area contributed by atoms with Crippen molar-refractivity contribution in [3.63, 3.8) is 0 Å². The summed E-state index contributed by atoms with van der Waals surface area (Å²) in [5.41, 5.74) is -0.0347. The molecule has 28 heavy (non-hydrogen) atoms. The van der Waals surface area contributed by atoms with Gasteiger partial charge in [0.2, 0.25) is 10.0 Å². The van der Waals surface area contributed by atoms with Crippen molar-refractivity contribution in [2.45, 2.75) is 31.8 Å². The summed E-state index contributed by atoms with van der Waals surface area (Å²) >= 11 is 6.10. The number of aromatic nitrogens is 2. The molecule has 0 unspecified atom stereocenters. The molecule has 11 heteroatoms. The maximum absolute atomic E-state index is 13.0. The summed E-state index contributed by atoms with van der Waals surface area (Å²) in [5, 5.41) is 0.0625. The fourth-order valence-electron chi connectivity index (χ4n) is 2.67. The van der Waals surface area contributed by atoms with Gasteiger partial charge >= 0.3 is 6.55 Å². The Labute approximate surface area is 167 Å². The number of nitrogens with zero attached hydrogens (tertiary/aromatic N) is 4.